The third-order valence-corrected chi connectivity index (χ3v) is 6.16. The first-order valence-electron chi connectivity index (χ1n) is 11.4. The third-order valence-electron chi connectivity index (χ3n) is 6.16. The summed E-state index contributed by atoms with van der Waals surface area (Å²) in [5.74, 6) is -2.37. The van der Waals surface area contributed by atoms with Crippen LogP contribution >= 0.6 is 0 Å². The van der Waals surface area contributed by atoms with Gasteiger partial charge in [-0.1, -0.05) is 0 Å². The molecular formula is C25H26F2O6. The molecule has 2 aromatic rings. The molecule has 0 amide bonds. The molecule has 0 aliphatic carbocycles. The van der Waals surface area contributed by atoms with E-state index in [0.29, 0.717) is 36.7 Å². The first-order valence-corrected chi connectivity index (χ1v) is 11.4. The van der Waals surface area contributed by atoms with Crippen molar-refractivity contribution in [2.24, 2.45) is 0 Å². The summed E-state index contributed by atoms with van der Waals surface area (Å²) in [7, 11) is 0. The van der Waals surface area contributed by atoms with Gasteiger partial charge in [0, 0.05) is 18.9 Å². The highest BCUT2D eigenvalue weighted by Gasteiger charge is 2.32. The first kappa shape index (κ1) is 22.1. The van der Waals surface area contributed by atoms with Crippen molar-refractivity contribution >= 4 is 5.78 Å². The van der Waals surface area contributed by atoms with Gasteiger partial charge in [0.05, 0.1) is 24.7 Å². The monoisotopic (exact) mass is 460 g/mol. The summed E-state index contributed by atoms with van der Waals surface area (Å²) >= 11 is 0. The Hall–Kier alpha value is -2.71. The van der Waals surface area contributed by atoms with Crippen LogP contribution in [-0.4, -0.2) is 38.2 Å². The Labute approximate surface area is 190 Å². The molecule has 3 heterocycles. The number of halogens is 2. The van der Waals surface area contributed by atoms with Gasteiger partial charge in [0.25, 0.3) is 0 Å². The number of hydrogen-bond donors (Lipinski definition) is 0. The highest BCUT2D eigenvalue weighted by Crippen LogP contribution is 2.37. The van der Waals surface area contributed by atoms with Gasteiger partial charge < -0.3 is 23.7 Å². The molecule has 3 aliphatic heterocycles. The van der Waals surface area contributed by atoms with Gasteiger partial charge in [-0.25, -0.2) is 8.78 Å². The number of fused-ring (bicyclic) bond motifs is 1. The Morgan fingerprint density at radius 3 is 2.15 bits per heavy atom. The summed E-state index contributed by atoms with van der Waals surface area (Å²) in [4.78, 5) is 13.1. The van der Waals surface area contributed by atoms with Gasteiger partial charge in [0.2, 0.25) is 0 Å². The van der Waals surface area contributed by atoms with Gasteiger partial charge in [0.15, 0.2) is 35.7 Å². The molecule has 3 unspecified atom stereocenters. The molecule has 8 heteroatoms. The van der Waals surface area contributed by atoms with E-state index in [0.717, 1.165) is 44.2 Å². The van der Waals surface area contributed by atoms with Crippen LogP contribution in [0.25, 0.3) is 0 Å². The van der Waals surface area contributed by atoms with Gasteiger partial charge >= 0.3 is 0 Å². The van der Waals surface area contributed by atoms with Crippen molar-refractivity contribution in [3.05, 3.63) is 53.1 Å². The third kappa shape index (κ3) is 4.82. The van der Waals surface area contributed by atoms with Gasteiger partial charge in [-0.05, 0) is 55.5 Å². The molecule has 3 atom stereocenters. The van der Waals surface area contributed by atoms with Crippen LogP contribution < -0.4 is 14.2 Å². The molecule has 3 aliphatic rings. The number of benzene rings is 2. The van der Waals surface area contributed by atoms with E-state index < -0.39 is 29.6 Å². The minimum atomic E-state index is -0.867. The fourth-order valence-electron chi connectivity index (χ4n) is 4.37. The van der Waals surface area contributed by atoms with Crippen LogP contribution in [0.15, 0.2) is 30.3 Å². The Bertz CT molecular complexity index is 991. The van der Waals surface area contributed by atoms with Crippen molar-refractivity contribution in [3.63, 3.8) is 0 Å². The van der Waals surface area contributed by atoms with Crippen LogP contribution in [0.1, 0.15) is 60.4 Å². The van der Waals surface area contributed by atoms with E-state index in [2.05, 4.69) is 0 Å². The second-order valence-electron chi connectivity index (χ2n) is 8.53. The summed E-state index contributed by atoms with van der Waals surface area (Å²) in [6.45, 7) is 1.14. The SMILES string of the molecule is O=C1c2ccc(OC3CCCCO3)cc2OCC1c1cc(F)c(OC2CCCCO2)c(F)c1. The minimum Gasteiger partial charge on any atom is -0.492 e. The van der Waals surface area contributed by atoms with Gasteiger partial charge in [-0.15, -0.1) is 0 Å². The van der Waals surface area contributed by atoms with E-state index in [1.165, 1.54) is 0 Å². The molecule has 33 heavy (non-hydrogen) atoms. The van der Waals surface area contributed by atoms with Gasteiger partial charge in [-0.2, -0.15) is 0 Å². The molecule has 0 N–H and O–H groups in total. The minimum absolute atomic E-state index is 0.0277. The molecule has 176 valence electrons. The first-order chi connectivity index (χ1) is 16.1. The molecule has 6 nitrogen and oxygen atoms in total. The maximum atomic E-state index is 14.7. The van der Waals surface area contributed by atoms with E-state index >= 15 is 0 Å². The Balaban J connectivity index is 1.31. The second-order valence-corrected chi connectivity index (χ2v) is 8.53. The standard InChI is InChI=1S/C25H26F2O6/c26-19-11-15(12-20(27)25(19)33-23-6-2-4-10-30-23)18-14-31-21-13-16(7-8-17(21)24(18)28)32-22-5-1-3-9-29-22/h7-8,11-13,18,22-23H,1-6,9-10,14H2. The number of carbonyl (C=O) groups excluding carboxylic acids is 1. The topological polar surface area (TPSA) is 63.2 Å². The lowest BCUT2D eigenvalue weighted by molar-refractivity contribution is -0.108. The van der Waals surface area contributed by atoms with Crippen molar-refractivity contribution in [2.45, 2.75) is 57.0 Å². The highest BCUT2D eigenvalue weighted by molar-refractivity contribution is 6.04. The number of hydrogen-bond acceptors (Lipinski definition) is 6. The Morgan fingerprint density at radius 1 is 0.848 bits per heavy atom. The van der Waals surface area contributed by atoms with Crippen molar-refractivity contribution in [1.82, 2.24) is 0 Å². The number of carbonyl (C=O) groups is 1. The van der Waals surface area contributed by atoms with Gasteiger partial charge in [0.1, 0.15) is 18.1 Å². The molecule has 2 saturated heterocycles. The number of ketones is 1. The van der Waals surface area contributed by atoms with E-state index in [1.54, 1.807) is 18.2 Å². The zero-order valence-corrected chi connectivity index (χ0v) is 18.2. The lowest BCUT2D eigenvalue weighted by Gasteiger charge is -2.27. The highest BCUT2D eigenvalue weighted by atomic mass is 19.1. The predicted octanol–water partition coefficient (Wildman–Crippen LogP) is 5.13. The zero-order valence-electron chi connectivity index (χ0n) is 18.2. The molecule has 2 fully saturated rings. The van der Waals surface area contributed by atoms with Crippen LogP contribution in [0.2, 0.25) is 0 Å². The number of Topliss-reactive ketones (excluding diaryl/α,β-unsaturated/α-hetero) is 1. The quantitative estimate of drug-likeness (QED) is 0.616. The van der Waals surface area contributed by atoms with Crippen LogP contribution in [0, 0.1) is 11.6 Å². The van der Waals surface area contributed by atoms with Crippen molar-refractivity contribution in [1.29, 1.82) is 0 Å². The van der Waals surface area contributed by atoms with Gasteiger partial charge in [-0.3, -0.25) is 4.79 Å². The lowest BCUT2D eigenvalue weighted by Crippen LogP contribution is -2.28. The normalized spacial score (nSPS) is 25.2. The molecular weight excluding hydrogens is 434 g/mol. The summed E-state index contributed by atoms with van der Waals surface area (Å²) in [6.07, 6.45) is 4.23. The van der Waals surface area contributed by atoms with Crippen molar-refractivity contribution in [3.8, 4) is 17.2 Å². The summed E-state index contributed by atoms with van der Waals surface area (Å²) < 4.78 is 57.5. The summed E-state index contributed by atoms with van der Waals surface area (Å²) in [6, 6.07) is 7.23. The second kappa shape index (κ2) is 9.65. The van der Waals surface area contributed by atoms with Crippen LogP contribution in [-0.2, 0) is 9.47 Å². The van der Waals surface area contributed by atoms with E-state index in [4.69, 9.17) is 23.7 Å². The molecule has 0 saturated carbocycles. The van der Waals surface area contributed by atoms with E-state index in [9.17, 15) is 13.6 Å². The van der Waals surface area contributed by atoms with Crippen LogP contribution in [0.5, 0.6) is 17.2 Å². The summed E-state index contributed by atoms with van der Waals surface area (Å²) in [5.41, 5.74) is 0.549. The number of ether oxygens (including phenoxy) is 5. The molecule has 0 radical (unpaired) electrons. The predicted molar refractivity (Wildman–Crippen MR) is 114 cm³/mol. The Morgan fingerprint density at radius 2 is 1.52 bits per heavy atom. The van der Waals surface area contributed by atoms with Crippen LogP contribution in [0.4, 0.5) is 8.78 Å². The van der Waals surface area contributed by atoms with Crippen molar-refractivity contribution in [2.75, 3.05) is 19.8 Å². The van der Waals surface area contributed by atoms with Crippen LogP contribution in [0.3, 0.4) is 0 Å². The average molecular weight is 460 g/mol. The molecule has 5 rings (SSSR count). The molecule has 0 spiro atoms. The van der Waals surface area contributed by atoms with Crippen molar-refractivity contribution < 1.29 is 37.3 Å². The lowest BCUT2D eigenvalue weighted by atomic mass is 9.88. The fourth-order valence-corrected chi connectivity index (χ4v) is 4.37. The zero-order chi connectivity index (χ0) is 22.8. The largest absolute Gasteiger partial charge is 0.492 e. The molecule has 0 bridgehead atoms. The molecule has 2 aromatic carbocycles. The fraction of sp³-hybridized carbons (Fsp3) is 0.480. The Kier molecular flexibility index (Phi) is 6.46. The van der Waals surface area contributed by atoms with E-state index in [-0.39, 0.29) is 24.2 Å². The summed E-state index contributed by atoms with van der Waals surface area (Å²) in [5, 5.41) is 0. The smallest absolute Gasteiger partial charge is 0.200 e. The van der Waals surface area contributed by atoms with E-state index in [1.807, 2.05) is 0 Å². The average Bonchev–Trinajstić information content (AvgIpc) is 2.83. The number of rotatable bonds is 5. The molecule has 0 aromatic heterocycles. The maximum Gasteiger partial charge on any atom is 0.200 e. The maximum absolute atomic E-state index is 14.7.